The molecule has 1 aromatic heterocycles. The Morgan fingerprint density at radius 2 is 1.93 bits per heavy atom. The number of nitrogens with two attached hydrogens (primary N) is 1. The third-order valence-corrected chi connectivity index (χ3v) is 4.22. The van der Waals surface area contributed by atoms with Crippen LogP contribution in [-0.2, 0) is 7.05 Å². The molecule has 0 bridgehead atoms. The molecule has 3 rings (SSSR count). The van der Waals surface area contributed by atoms with Gasteiger partial charge in [0.05, 0.1) is 19.3 Å². The van der Waals surface area contributed by atoms with Gasteiger partial charge >= 0.3 is 0 Å². The highest BCUT2D eigenvalue weighted by Crippen LogP contribution is 2.34. The molecular formula is C19H22FN5O2. The summed E-state index contributed by atoms with van der Waals surface area (Å²) in [6, 6.07) is 10.0. The van der Waals surface area contributed by atoms with Gasteiger partial charge in [0.25, 0.3) is 0 Å². The van der Waals surface area contributed by atoms with Gasteiger partial charge in [-0.1, -0.05) is 0 Å². The monoisotopic (exact) mass is 371 g/mol. The van der Waals surface area contributed by atoms with Gasteiger partial charge in [-0.2, -0.15) is 0 Å². The third kappa shape index (κ3) is 3.51. The second kappa shape index (κ2) is 7.53. The van der Waals surface area contributed by atoms with E-state index < -0.39 is 5.82 Å². The zero-order chi connectivity index (χ0) is 19.6. The quantitative estimate of drug-likeness (QED) is 0.669. The third-order valence-electron chi connectivity index (χ3n) is 4.22. The summed E-state index contributed by atoms with van der Waals surface area (Å²) >= 11 is 0. The average molecular weight is 371 g/mol. The number of halogens is 1. The topological polar surface area (TPSA) is 78.4 Å². The lowest BCUT2D eigenvalue weighted by Crippen LogP contribution is -2.15. The minimum Gasteiger partial charge on any atom is -0.494 e. The molecule has 0 spiro atoms. The van der Waals surface area contributed by atoms with E-state index in [2.05, 4.69) is 10.2 Å². The second-order valence-corrected chi connectivity index (χ2v) is 5.95. The van der Waals surface area contributed by atoms with Crippen LogP contribution in [0.25, 0.3) is 11.4 Å². The first kappa shape index (κ1) is 18.5. The number of nitrogens with zero attached hydrogens (tertiary/aromatic N) is 4. The minimum absolute atomic E-state index is 0.166. The van der Waals surface area contributed by atoms with E-state index in [1.54, 1.807) is 29.2 Å². The van der Waals surface area contributed by atoms with Gasteiger partial charge in [0, 0.05) is 37.6 Å². The van der Waals surface area contributed by atoms with E-state index >= 15 is 0 Å². The second-order valence-electron chi connectivity index (χ2n) is 5.95. The molecule has 2 aromatic carbocycles. The molecule has 0 saturated carbocycles. The predicted molar refractivity (Wildman–Crippen MR) is 103 cm³/mol. The lowest BCUT2D eigenvalue weighted by atomic mass is 10.1. The number of nitrogen functional groups attached to an aromatic ring is 1. The smallest absolute Gasteiger partial charge is 0.231 e. The van der Waals surface area contributed by atoms with E-state index in [-0.39, 0.29) is 5.75 Å². The van der Waals surface area contributed by atoms with Gasteiger partial charge in [-0.25, -0.2) is 4.39 Å². The summed E-state index contributed by atoms with van der Waals surface area (Å²) in [6.45, 7) is 2.42. The van der Waals surface area contributed by atoms with Crippen molar-refractivity contribution in [1.29, 1.82) is 0 Å². The molecule has 2 N–H and O–H groups in total. The molecule has 0 atom stereocenters. The summed E-state index contributed by atoms with van der Waals surface area (Å²) in [4.78, 5) is 1.80. The van der Waals surface area contributed by atoms with Crippen molar-refractivity contribution in [3.05, 3.63) is 42.2 Å². The summed E-state index contributed by atoms with van der Waals surface area (Å²) in [5.41, 5.74) is 7.99. The maximum atomic E-state index is 13.7. The molecule has 0 aliphatic heterocycles. The molecule has 8 heteroatoms. The summed E-state index contributed by atoms with van der Waals surface area (Å²) in [7, 11) is 5.11. The standard InChI is InChI=1S/C19H22FN5O2/c1-5-27-16-10-12(21)6-8-14(16)18-22-23-19(25(18)3)24(2)13-7-9-15(20)17(11-13)26-4/h6-11H,5,21H2,1-4H3. The molecule has 1 heterocycles. The highest BCUT2D eigenvalue weighted by molar-refractivity contribution is 5.70. The summed E-state index contributed by atoms with van der Waals surface area (Å²) in [6.07, 6.45) is 0. The van der Waals surface area contributed by atoms with Crippen LogP contribution in [0.4, 0.5) is 21.7 Å². The van der Waals surface area contributed by atoms with E-state index in [0.717, 1.165) is 11.3 Å². The molecule has 27 heavy (non-hydrogen) atoms. The van der Waals surface area contributed by atoms with E-state index in [4.69, 9.17) is 15.2 Å². The fourth-order valence-corrected chi connectivity index (χ4v) is 2.82. The first-order chi connectivity index (χ1) is 13.0. The average Bonchev–Trinajstić information content (AvgIpc) is 3.03. The van der Waals surface area contributed by atoms with E-state index in [1.165, 1.54) is 13.2 Å². The van der Waals surface area contributed by atoms with Crippen LogP contribution in [0.5, 0.6) is 11.5 Å². The fourth-order valence-electron chi connectivity index (χ4n) is 2.82. The van der Waals surface area contributed by atoms with Gasteiger partial charge < -0.3 is 20.1 Å². The Balaban J connectivity index is 2.01. The Morgan fingerprint density at radius 1 is 1.15 bits per heavy atom. The Labute approximate surface area is 157 Å². The van der Waals surface area contributed by atoms with E-state index in [9.17, 15) is 4.39 Å². The Kier molecular flexibility index (Phi) is 5.16. The maximum Gasteiger partial charge on any atom is 0.231 e. The van der Waals surface area contributed by atoms with Crippen LogP contribution in [0.1, 0.15) is 6.92 Å². The van der Waals surface area contributed by atoms with Crippen molar-refractivity contribution < 1.29 is 13.9 Å². The largest absolute Gasteiger partial charge is 0.494 e. The SMILES string of the molecule is CCOc1cc(N)ccc1-c1nnc(N(C)c2ccc(F)c(OC)c2)n1C. The molecule has 0 aliphatic carbocycles. The van der Waals surface area contributed by atoms with Gasteiger partial charge in [-0.05, 0) is 31.2 Å². The van der Waals surface area contributed by atoms with Crippen molar-refractivity contribution in [2.75, 3.05) is 31.4 Å². The Morgan fingerprint density at radius 3 is 2.63 bits per heavy atom. The number of aromatic nitrogens is 3. The number of rotatable bonds is 6. The van der Waals surface area contributed by atoms with Crippen LogP contribution >= 0.6 is 0 Å². The first-order valence-electron chi connectivity index (χ1n) is 8.45. The zero-order valence-electron chi connectivity index (χ0n) is 15.7. The van der Waals surface area contributed by atoms with Crippen LogP contribution in [-0.4, -0.2) is 35.5 Å². The van der Waals surface area contributed by atoms with Crippen molar-refractivity contribution in [2.24, 2.45) is 7.05 Å². The van der Waals surface area contributed by atoms with Crippen LogP contribution in [0.15, 0.2) is 36.4 Å². The summed E-state index contributed by atoms with van der Waals surface area (Å²) in [5.74, 6) is 1.61. The predicted octanol–water partition coefficient (Wildman–Crippen LogP) is 3.38. The highest BCUT2D eigenvalue weighted by atomic mass is 19.1. The highest BCUT2D eigenvalue weighted by Gasteiger charge is 2.19. The van der Waals surface area contributed by atoms with E-state index in [0.29, 0.717) is 29.8 Å². The molecule has 0 radical (unpaired) electrons. The lowest BCUT2D eigenvalue weighted by Gasteiger charge is -2.19. The summed E-state index contributed by atoms with van der Waals surface area (Å²) in [5, 5.41) is 8.60. The van der Waals surface area contributed by atoms with Crippen molar-refractivity contribution in [3.8, 4) is 22.9 Å². The Bertz CT molecular complexity index is 957. The van der Waals surface area contributed by atoms with Gasteiger partial charge in [-0.15, -0.1) is 10.2 Å². The molecule has 0 amide bonds. The lowest BCUT2D eigenvalue weighted by molar-refractivity contribution is 0.341. The van der Waals surface area contributed by atoms with Crippen LogP contribution < -0.4 is 20.1 Å². The Hall–Kier alpha value is -3.29. The number of hydrogen-bond donors (Lipinski definition) is 1. The first-order valence-corrected chi connectivity index (χ1v) is 8.45. The van der Waals surface area contributed by atoms with Crippen LogP contribution in [0, 0.1) is 5.82 Å². The van der Waals surface area contributed by atoms with Crippen molar-refractivity contribution in [2.45, 2.75) is 6.92 Å². The number of methoxy groups -OCH3 is 1. The van der Waals surface area contributed by atoms with Crippen molar-refractivity contribution >= 4 is 17.3 Å². The zero-order valence-corrected chi connectivity index (χ0v) is 15.7. The van der Waals surface area contributed by atoms with E-state index in [1.807, 2.05) is 31.7 Å². The van der Waals surface area contributed by atoms with Crippen molar-refractivity contribution in [1.82, 2.24) is 14.8 Å². The van der Waals surface area contributed by atoms with Crippen LogP contribution in [0.3, 0.4) is 0 Å². The normalized spacial score (nSPS) is 10.7. The summed E-state index contributed by atoms with van der Waals surface area (Å²) < 4.78 is 26.3. The molecule has 7 nitrogen and oxygen atoms in total. The van der Waals surface area contributed by atoms with Gasteiger partial charge in [0.1, 0.15) is 5.75 Å². The number of anilines is 3. The molecule has 0 aliphatic rings. The molecular weight excluding hydrogens is 349 g/mol. The number of benzene rings is 2. The number of hydrogen-bond acceptors (Lipinski definition) is 6. The molecule has 0 saturated heterocycles. The van der Waals surface area contributed by atoms with Gasteiger partial charge in [-0.3, -0.25) is 4.57 Å². The van der Waals surface area contributed by atoms with Gasteiger partial charge in [0.2, 0.25) is 5.95 Å². The molecule has 3 aromatic rings. The molecule has 0 unspecified atom stereocenters. The molecule has 0 fully saturated rings. The maximum absolute atomic E-state index is 13.7. The number of ether oxygens (including phenoxy) is 2. The molecule has 142 valence electrons. The van der Waals surface area contributed by atoms with Crippen LogP contribution in [0.2, 0.25) is 0 Å². The van der Waals surface area contributed by atoms with Gasteiger partial charge in [0.15, 0.2) is 17.4 Å². The van der Waals surface area contributed by atoms with Crippen molar-refractivity contribution in [3.63, 3.8) is 0 Å². The minimum atomic E-state index is -0.420. The fraction of sp³-hybridized carbons (Fsp3) is 0.263.